The first-order chi connectivity index (χ1) is 8.93. The normalized spacial score (nSPS) is 12.5. The Hall–Kier alpha value is -1.59. The van der Waals surface area contributed by atoms with E-state index in [-0.39, 0.29) is 5.91 Å². The highest BCUT2D eigenvalue weighted by Crippen LogP contribution is 2.16. The monoisotopic (exact) mass is 265 g/mol. The first-order valence-electron chi connectivity index (χ1n) is 6.40. The van der Waals surface area contributed by atoms with Crippen LogP contribution in [0.4, 0.5) is 5.69 Å². The number of nitrogens with two attached hydrogens (primary N) is 1. The molecule has 0 radical (unpaired) electrons. The van der Waals surface area contributed by atoms with Gasteiger partial charge in [-0.15, -0.1) is 0 Å². The summed E-state index contributed by atoms with van der Waals surface area (Å²) < 4.78 is 0. The van der Waals surface area contributed by atoms with E-state index < -0.39 is 6.10 Å². The number of aliphatic hydroxyl groups excluding tert-OH is 1. The minimum absolute atomic E-state index is 0.0337. The topological polar surface area (TPSA) is 69.8 Å². The largest absolute Gasteiger partial charge is 0.399 e. The molecule has 0 aliphatic heterocycles. The van der Waals surface area contributed by atoms with E-state index >= 15 is 0 Å². The van der Waals surface area contributed by atoms with Crippen molar-refractivity contribution in [1.29, 1.82) is 0 Å². The lowest BCUT2D eigenvalue weighted by molar-refractivity contribution is -0.130. The summed E-state index contributed by atoms with van der Waals surface area (Å²) in [5.74, 6) is 0.0337. The molecule has 0 saturated carbocycles. The number of likely N-dealkylation sites (N-methyl/N-ethyl adjacent to an activating group) is 2. The number of amides is 1. The van der Waals surface area contributed by atoms with Crippen molar-refractivity contribution < 1.29 is 9.90 Å². The molecule has 0 aliphatic carbocycles. The second-order valence-corrected chi connectivity index (χ2v) is 4.80. The van der Waals surface area contributed by atoms with Crippen molar-refractivity contribution in [2.75, 3.05) is 39.5 Å². The highest BCUT2D eigenvalue weighted by molar-refractivity contribution is 5.77. The van der Waals surface area contributed by atoms with E-state index in [4.69, 9.17) is 5.73 Å². The van der Waals surface area contributed by atoms with Crippen LogP contribution in [0.1, 0.15) is 18.6 Å². The third-order valence-corrected chi connectivity index (χ3v) is 3.06. The molecule has 1 aromatic rings. The van der Waals surface area contributed by atoms with Gasteiger partial charge in [0, 0.05) is 26.3 Å². The number of nitrogens with zero attached hydrogens (tertiary/aromatic N) is 2. The third-order valence-electron chi connectivity index (χ3n) is 3.06. The average molecular weight is 265 g/mol. The molecule has 1 amide bonds. The fraction of sp³-hybridized carbons (Fsp3) is 0.500. The van der Waals surface area contributed by atoms with E-state index in [1.807, 2.05) is 24.0 Å². The number of nitrogen functional groups attached to an aromatic ring is 1. The predicted molar refractivity (Wildman–Crippen MR) is 76.6 cm³/mol. The molecule has 5 nitrogen and oxygen atoms in total. The van der Waals surface area contributed by atoms with E-state index in [0.29, 0.717) is 25.3 Å². The molecule has 5 heteroatoms. The second kappa shape index (κ2) is 7.11. The quantitative estimate of drug-likeness (QED) is 0.743. The standard InChI is InChI=1S/C14H23N3O2/c1-4-17(10-14(19)16(2)3)9-13(18)11-5-7-12(15)8-6-11/h5-8,13,18H,4,9-10,15H2,1-3H3. The van der Waals surface area contributed by atoms with Crippen LogP contribution in [0.15, 0.2) is 24.3 Å². The predicted octanol–water partition coefficient (Wildman–Crippen LogP) is 0.712. The van der Waals surface area contributed by atoms with Gasteiger partial charge in [-0.3, -0.25) is 9.69 Å². The molecule has 0 saturated heterocycles. The Balaban J connectivity index is 2.60. The van der Waals surface area contributed by atoms with Crippen LogP contribution in [-0.2, 0) is 4.79 Å². The van der Waals surface area contributed by atoms with Crippen LogP contribution < -0.4 is 5.73 Å². The maximum Gasteiger partial charge on any atom is 0.236 e. The van der Waals surface area contributed by atoms with Gasteiger partial charge in [0.25, 0.3) is 0 Å². The molecule has 1 rings (SSSR count). The van der Waals surface area contributed by atoms with Crippen LogP contribution in [0.25, 0.3) is 0 Å². The van der Waals surface area contributed by atoms with Crippen molar-refractivity contribution >= 4 is 11.6 Å². The molecule has 1 atom stereocenters. The molecule has 106 valence electrons. The van der Waals surface area contributed by atoms with E-state index in [9.17, 15) is 9.90 Å². The van der Waals surface area contributed by atoms with Crippen molar-refractivity contribution in [3.05, 3.63) is 29.8 Å². The van der Waals surface area contributed by atoms with E-state index in [0.717, 1.165) is 5.56 Å². The second-order valence-electron chi connectivity index (χ2n) is 4.80. The number of carbonyl (C=O) groups excluding carboxylic acids is 1. The summed E-state index contributed by atoms with van der Waals surface area (Å²) in [6, 6.07) is 7.14. The Morgan fingerprint density at radius 1 is 1.32 bits per heavy atom. The molecule has 1 aromatic carbocycles. The van der Waals surface area contributed by atoms with Crippen LogP contribution in [0, 0.1) is 0 Å². The summed E-state index contributed by atoms with van der Waals surface area (Å²) in [6.07, 6.45) is -0.615. The molecule has 0 fully saturated rings. The number of hydrogen-bond donors (Lipinski definition) is 2. The van der Waals surface area contributed by atoms with Gasteiger partial charge >= 0.3 is 0 Å². The number of carbonyl (C=O) groups is 1. The number of rotatable bonds is 6. The molecule has 0 heterocycles. The van der Waals surface area contributed by atoms with Crippen molar-refractivity contribution in [3.8, 4) is 0 Å². The summed E-state index contributed by atoms with van der Waals surface area (Å²) in [5.41, 5.74) is 7.09. The van der Waals surface area contributed by atoms with Crippen molar-refractivity contribution in [3.63, 3.8) is 0 Å². The highest BCUT2D eigenvalue weighted by atomic mass is 16.3. The van der Waals surface area contributed by atoms with Crippen molar-refractivity contribution in [1.82, 2.24) is 9.80 Å². The van der Waals surface area contributed by atoms with E-state index in [2.05, 4.69) is 0 Å². The summed E-state index contributed by atoms with van der Waals surface area (Å²) in [7, 11) is 3.46. The van der Waals surface area contributed by atoms with E-state index in [1.54, 1.807) is 31.1 Å². The zero-order valence-corrected chi connectivity index (χ0v) is 11.8. The van der Waals surface area contributed by atoms with Gasteiger partial charge in [0.1, 0.15) is 0 Å². The number of aliphatic hydroxyl groups is 1. The fourth-order valence-corrected chi connectivity index (χ4v) is 1.71. The van der Waals surface area contributed by atoms with Gasteiger partial charge in [-0.25, -0.2) is 0 Å². The van der Waals surface area contributed by atoms with Gasteiger partial charge in [0.2, 0.25) is 5.91 Å². The van der Waals surface area contributed by atoms with Crippen LogP contribution in [0.5, 0.6) is 0 Å². The first kappa shape index (κ1) is 15.5. The summed E-state index contributed by atoms with van der Waals surface area (Å²) >= 11 is 0. The number of hydrogen-bond acceptors (Lipinski definition) is 4. The van der Waals surface area contributed by atoms with Gasteiger partial charge in [-0.1, -0.05) is 19.1 Å². The van der Waals surface area contributed by atoms with Gasteiger partial charge in [0.05, 0.1) is 12.6 Å². The van der Waals surface area contributed by atoms with E-state index in [1.165, 1.54) is 0 Å². The maximum atomic E-state index is 11.7. The minimum atomic E-state index is -0.615. The summed E-state index contributed by atoms with van der Waals surface area (Å²) in [5, 5.41) is 10.2. The molecule has 0 bridgehead atoms. The van der Waals surface area contributed by atoms with Gasteiger partial charge in [-0.2, -0.15) is 0 Å². The van der Waals surface area contributed by atoms with Crippen molar-refractivity contribution in [2.45, 2.75) is 13.0 Å². The fourth-order valence-electron chi connectivity index (χ4n) is 1.71. The minimum Gasteiger partial charge on any atom is -0.399 e. The van der Waals surface area contributed by atoms with Crippen LogP contribution in [0.2, 0.25) is 0 Å². The summed E-state index contributed by atoms with van der Waals surface area (Å²) in [6.45, 7) is 3.43. The molecule has 1 unspecified atom stereocenters. The third kappa shape index (κ3) is 4.89. The average Bonchev–Trinajstić information content (AvgIpc) is 2.38. The van der Waals surface area contributed by atoms with Gasteiger partial charge < -0.3 is 15.7 Å². The van der Waals surface area contributed by atoms with Gasteiger partial charge in [0.15, 0.2) is 0 Å². The maximum absolute atomic E-state index is 11.7. The molecule has 0 aliphatic rings. The Labute approximate surface area is 114 Å². The Morgan fingerprint density at radius 2 is 1.89 bits per heavy atom. The Bertz CT molecular complexity index is 404. The molecule has 0 spiro atoms. The first-order valence-corrected chi connectivity index (χ1v) is 6.40. The van der Waals surface area contributed by atoms with Crippen LogP contribution in [0.3, 0.4) is 0 Å². The molecule has 0 aromatic heterocycles. The highest BCUT2D eigenvalue weighted by Gasteiger charge is 2.15. The molecular weight excluding hydrogens is 242 g/mol. The number of anilines is 1. The number of benzene rings is 1. The molecule has 19 heavy (non-hydrogen) atoms. The smallest absolute Gasteiger partial charge is 0.236 e. The zero-order chi connectivity index (χ0) is 14.4. The Morgan fingerprint density at radius 3 is 2.37 bits per heavy atom. The Kier molecular flexibility index (Phi) is 5.79. The van der Waals surface area contributed by atoms with Crippen molar-refractivity contribution in [2.24, 2.45) is 0 Å². The molecular formula is C14H23N3O2. The summed E-state index contributed by atoms with van der Waals surface area (Å²) in [4.78, 5) is 15.1. The van der Waals surface area contributed by atoms with Gasteiger partial charge in [-0.05, 0) is 24.2 Å². The zero-order valence-electron chi connectivity index (χ0n) is 11.8. The van der Waals surface area contributed by atoms with Crippen LogP contribution >= 0.6 is 0 Å². The SMILES string of the molecule is CCN(CC(=O)N(C)C)CC(O)c1ccc(N)cc1. The lowest BCUT2D eigenvalue weighted by Crippen LogP contribution is -2.38. The molecule has 3 N–H and O–H groups in total. The lowest BCUT2D eigenvalue weighted by atomic mass is 10.1. The van der Waals surface area contributed by atoms with Crippen LogP contribution in [-0.4, -0.2) is 54.5 Å². The lowest BCUT2D eigenvalue weighted by Gasteiger charge is -2.24.